The molecule has 0 spiro atoms. The van der Waals surface area contributed by atoms with Gasteiger partial charge in [0.1, 0.15) is 18.4 Å². The first-order valence-electron chi connectivity index (χ1n) is 6.54. The number of carbonyl (C=O) groups is 1. The maximum absolute atomic E-state index is 12.8. The maximum Gasteiger partial charge on any atom is 0.419 e. The van der Waals surface area contributed by atoms with Gasteiger partial charge in [0.2, 0.25) is 0 Å². The fraction of sp³-hybridized carbons (Fsp3) is 0.500. The van der Waals surface area contributed by atoms with Crippen LogP contribution in [0.2, 0.25) is 0 Å². The number of hydrogen-bond acceptors (Lipinski definition) is 4. The Kier molecular flexibility index (Phi) is 4.72. The summed E-state index contributed by atoms with van der Waals surface area (Å²) in [4.78, 5) is 11.6. The molecule has 1 atom stereocenters. The van der Waals surface area contributed by atoms with Crippen LogP contribution in [0.4, 0.5) is 13.2 Å². The van der Waals surface area contributed by atoms with E-state index in [4.69, 9.17) is 4.74 Å². The highest BCUT2D eigenvalue weighted by Crippen LogP contribution is 2.35. The molecule has 1 aromatic rings. The molecule has 1 aliphatic carbocycles. The van der Waals surface area contributed by atoms with E-state index in [1.165, 1.54) is 25.3 Å². The SMILES string of the molecule is COC(=O)C(COc1ccccc1C(F)(F)F)NC1CC1. The molecular formula is C14H16F3NO3. The second-order valence-electron chi connectivity index (χ2n) is 4.82. The number of benzene rings is 1. The van der Waals surface area contributed by atoms with Crippen molar-refractivity contribution in [2.75, 3.05) is 13.7 Å². The molecule has 21 heavy (non-hydrogen) atoms. The molecule has 4 nitrogen and oxygen atoms in total. The molecule has 0 radical (unpaired) electrons. The first-order chi connectivity index (χ1) is 9.91. The summed E-state index contributed by atoms with van der Waals surface area (Å²) in [5.41, 5.74) is -0.861. The minimum atomic E-state index is -4.50. The Balaban J connectivity index is 2.04. The standard InChI is InChI=1S/C14H16F3NO3/c1-20-13(19)11(18-9-6-7-9)8-21-12-5-3-2-4-10(12)14(15,16)17/h2-5,9,11,18H,6-8H2,1H3. The Morgan fingerprint density at radius 1 is 1.38 bits per heavy atom. The van der Waals surface area contributed by atoms with Crippen LogP contribution in [0.15, 0.2) is 24.3 Å². The molecular weight excluding hydrogens is 287 g/mol. The maximum atomic E-state index is 12.8. The molecule has 2 rings (SSSR count). The van der Waals surface area contributed by atoms with Crippen molar-refractivity contribution in [3.05, 3.63) is 29.8 Å². The van der Waals surface area contributed by atoms with Gasteiger partial charge < -0.3 is 9.47 Å². The Morgan fingerprint density at radius 3 is 2.62 bits per heavy atom. The summed E-state index contributed by atoms with van der Waals surface area (Å²) in [5, 5.41) is 2.99. The van der Waals surface area contributed by atoms with Crippen LogP contribution < -0.4 is 10.1 Å². The summed E-state index contributed by atoms with van der Waals surface area (Å²) >= 11 is 0. The van der Waals surface area contributed by atoms with Crippen molar-refractivity contribution in [3.63, 3.8) is 0 Å². The summed E-state index contributed by atoms with van der Waals surface area (Å²) in [6.45, 7) is -0.212. The van der Waals surface area contributed by atoms with Crippen LogP contribution in [0, 0.1) is 0 Å². The van der Waals surface area contributed by atoms with Gasteiger partial charge >= 0.3 is 12.1 Å². The first-order valence-corrected chi connectivity index (χ1v) is 6.54. The Morgan fingerprint density at radius 2 is 2.05 bits per heavy atom. The largest absolute Gasteiger partial charge is 0.491 e. The van der Waals surface area contributed by atoms with Gasteiger partial charge in [-0.05, 0) is 25.0 Å². The number of halogens is 3. The second kappa shape index (κ2) is 6.34. The van der Waals surface area contributed by atoms with Gasteiger partial charge in [0.15, 0.2) is 0 Å². The molecule has 0 aliphatic heterocycles. The highest BCUT2D eigenvalue weighted by molar-refractivity contribution is 5.76. The molecule has 1 N–H and O–H groups in total. The minimum Gasteiger partial charge on any atom is -0.491 e. The first kappa shape index (κ1) is 15.6. The van der Waals surface area contributed by atoms with Crippen LogP contribution in [-0.2, 0) is 15.7 Å². The number of hydrogen-bond donors (Lipinski definition) is 1. The number of ether oxygens (including phenoxy) is 2. The summed E-state index contributed by atoms with van der Waals surface area (Å²) in [7, 11) is 1.23. The average molecular weight is 303 g/mol. The lowest BCUT2D eigenvalue weighted by Crippen LogP contribution is -2.43. The number of esters is 1. The Bertz CT molecular complexity index is 500. The Hall–Kier alpha value is -1.76. The highest BCUT2D eigenvalue weighted by Gasteiger charge is 2.35. The summed E-state index contributed by atoms with van der Waals surface area (Å²) in [6, 6.07) is 4.34. The molecule has 1 fully saturated rings. The van der Waals surface area contributed by atoms with Crippen molar-refractivity contribution in [2.45, 2.75) is 31.1 Å². The summed E-state index contributed by atoms with van der Waals surface area (Å²) in [6.07, 6.45) is -2.62. The molecule has 0 aromatic heterocycles. The lowest BCUT2D eigenvalue weighted by Gasteiger charge is -2.19. The van der Waals surface area contributed by atoms with E-state index < -0.39 is 23.8 Å². The predicted molar refractivity (Wildman–Crippen MR) is 68.9 cm³/mol. The lowest BCUT2D eigenvalue weighted by molar-refractivity contribution is -0.144. The number of alkyl halides is 3. The van der Waals surface area contributed by atoms with Gasteiger partial charge in [0.25, 0.3) is 0 Å². The van der Waals surface area contributed by atoms with Gasteiger partial charge in [-0.25, -0.2) is 0 Å². The van der Waals surface area contributed by atoms with Crippen molar-refractivity contribution in [3.8, 4) is 5.75 Å². The minimum absolute atomic E-state index is 0.204. The zero-order chi connectivity index (χ0) is 15.5. The quantitative estimate of drug-likeness (QED) is 0.820. The molecule has 1 aliphatic rings. The van der Waals surface area contributed by atoms with E-state index in [0.29, 0.717) is 0 Å². The molecule has 1 aromatic carbocycles. The summed E-state index contributed by atoms with van der Waals surface area (Å²) in [5.74, 6) is -0.845. The normalized spacial score (nSPS) is 16.4. The number of nitrogens with one attached hydrogen (secondary N) is 1. The highest BCUT2D eigenvalue weighted by atomic mass is 19.4. The number of carbonyl (C=O) groups excluding carboxylic acids is 1. The van der Waals surface area contributed by atoms with Crippen LogP contribution in [0.25, 0.3) is 0 Å². The third-order valence-electron chi connectivity index (χ3n) is 3.10. The number of methoxy groups -OCH3 is 1. The van der Waals surface area contributed by atoms with Crippen molar-refractivity contribution >= 4 is 5.97 Å². The smallest absolute Gasteiger partial charge is 0.419 e. The molecule has 0 heterocycles. The molecule has 0 bridgehead atoms. The van der Waals surface area contributed by atoms with E-state index in [-0.39, 0.29) is 18.4 Å². The van der Waals surface area contributed by atoms with Crippen LogP contribution in [0.3, 0.4) is 0 Å². The third kappa shape index (κ3) is 4.35. The molecule has 1 saturated carbocycles. The monoisotopic (exact) mass is 303 g/mol. The second-order valence-corrected chi connectivity index (χ2v) is 4.82. The Labute approximate surface area is 120 Å². The molecule has 116 valence electrons. The van der Waals surface area contributed by atoms with Gasteiger partial charge in [-0.3, -0.25) is 10.1 Å². The van der Waals surface area contributed by atoms with E-state index in [0.717, 1.165) is 18.9 Å². The van der Waals surface area contributed by atoms with Gasteiger partial charge in [-0.1, -0.05) is 12.1 Å². The van der Waals surface area contributed by atoms with Crippen LogP contribution in [0.5, 0.6) is 5.75 Å². The lowest BCUT2D eigenvalue weighted by atomic mass is 10.2. The zero-order valence-electron chi connectivity index (χ0n) is 11.4. The van der Waals surface area contributed by atoms with Crippen LogP contribution in [-0.4, -0.2) is 31.8 Å². The van der Waals surface area contributed by atoms with Crippen molar-refractivity contribution in [1.29, 1.82) is 0 Å². The van der Waals surface area contributed by atoms with E-state index in [1.807, 2.05) is 0 Å². The van der Waals surface area contributed by atoms with Crippen molar-refractivity contribution < 1.29 is 27.4 Å². The van der Waals surface area contributed by atoms with E-state index in [9.17, 15) is 18.0 Å². The van der Waals surface area contributed by atoms with Crippen LogP contribution >= 0.6 is 0 Å². The molecule has 0 amide bonds. The van der Waals surface area contributed by atoms with E-state index in [1.54, 1.807) is 0 Å². The molecule has 0 saturated heterocycles. The van der Waals surface area contributed by atoms with E-state index in [2.05, 4.69) is 10.1 Å². The van der Waals surface area contributed by atoms with Gasteiger partial charge in [-0.15, -0.1) is 0 Å². The van der Waals surface area contributed by atoms with Crippen molar-refractivity contribution in [1.82, 2.24) is 5.32 Å². The topological polar surface area (TPSA) is 47.6 Å². The van der Waals surface area contributed by atoms with E-state index >= 15 is 0 Å². The van der Waals surface area contributed by atoms with Gasteiger partial charge in [-0.2, -0.15) is 13.2 Å². The molecule has 7 heteroatoms. The van der Waals surface area contributed by atoms with Crippen molar-refractivity contribution in [2.24, 2.45) is 0 Å². The zero-order valence-corrected chi connectivity index (χ0v) is 11.4. The molecule has 1 unspecified atom stereocenters. The average Bonchev–Trinajstić information content (AvgIpc) is 3.26. The number of rotatable bonds is 6. The number of para-hydroxylation sites is 1. The fourth-order valence-electron chi connectivity index (χ4n) is 1.86. The van der Waals surface area contributed by atoms with Gasteiger partial charge in [0, 0.05) is 6.04 Å². The van der Waals surface area contributed by atoms with Crippen LogP contribution in [0.1, 0.15) is 18.4 Å². The fourth-order valence-corrected chi connectivity index (χ4v) is 1.86. The summed E-state index contributed by atoms with van der Waals surface area (Å²) < 4.78 is 48.3. The third-order valence-corrected chi connectivity index (χ3v) is 3.10. The predicted octanol–water partition coefficient (Wildman–Crippen LogP) is 2.38. The van der Waals surface area contributed by atoms with Gasteiger partial charge in [0.05, 0.1) is 12.7 Å².